The van der Waals surface area contributed by atoms with Crippen molar-refractivity contribution in [3.05, 3.63) is 23.8 Å². The maximum Gasteiger partial charge on any atom is 0.366 e. The molecule has 2 rings (SSSR count). The number of oxime groups is 1. The number of ether oxygens (including phenoxy) is 5. The van der Waals surface area contributed by atoms with Gasteiger partial charge in [-0.2, -0.15) is 0 Å². The summed E-state index contributed by atoms with van der Waals surface area (Å²) < 4.78 is 26.4. The van der Waals surface area contributed by atoms with E-state index in [1.807, 2.05) is 25.1 Å². The molecule has 8 heteroatoms. The van der Waals surface area contributed by atoms with Crippen molar-refractivity contribution >= 4 is 11.7 Å². The molecule has 8 nitrogen and oxygen atoms in total. The van der Waals surface area contributed by atoms with E-state index in [9.17, 15) is 4.79 Å². The Balaban J connectivity index is 1.68. The maximum absolute atomic E-state index is 11.6. The van der Waals surface area contributed by atoms with E-state index in [0.29, 0.717) is 31.3 Å². The summed E-state index contributed by atoms with van der Waals surface area (Å²) in [4.78, 5) is 17.1. The predicted molar refractivity (Wildman–Crippen MR) is 107 cm³/mol. The lowest BCUT2D eigenvalue weighted by Crippen LogP contribution is -2.48. The molecule has 0 radical (unpaired) electrons. The van der Waals surface area contributed by atoms with Crippen molar-refractivity contribution in [3.8, 4) is 11.5 Å². The van der Waals surface area contributed by atoms with Crippen LogP contribution in [0.15, 0.2) is 23.4 Å². The monoisotopic (exact) mass is 409 g/mol. The number of carbonyl (C=O) groups excluding carboxylic acids is 1. The van der Waals surface area contributed by atoms with Gasteiger partial charge in [-0.1, -0.05) is 5.16 Å². The Kier molecular flexibility index (Phi) is 8.72. The second-order valence-electron chi connectivity index (χ2n) is 7.00. The van der Waals surface area contributed by atoms with E-state index < -0.39 is 11.8 Å². The van der Waals surface area contributed by atoms with Crippen LogP contribution in [-0.2, 0) is 23.8 Å². The van der Waals surface area contributed by atoms with Crippen molar-refractivity contribution in [3.63, 3.8) is 0 Å². The predicted octanol–water partition coefficient (Wildman–Crippen LogP) is 3.17. The molecule has 162 valence electrons. The molecule has 1 aromatic carbocycles. The second-order valence-corrected chi connectivity index (χ2v) is 7.00. The van der Waals surface area contributed by atoms with Gasteiger partial charge in [0.2, 0.25) is 0 Å². The van der Waals surface area contributed by atoms with Crippen molar-refractivity contribution in [2.24, 2.45) is 11.1 Å². The van der Waals surface area contributed by atoms with Crippen LogP contribution in [0.25, 0.3) is 0 Å². The van der Waals surface area contributed by atoms with E-state index >= 15 is 0 Å². The number of unbranched alkanes of at least 4 members (excludes halogenated alkanes) is 1. The molecule has 0 spiro atoms. The lowest BCUT2D eigenvalue weighted by Gasteiger charge is -2.35. The zero-order valence-electron chi connectivity index (χ0n) is 17.9. The van der Waals surface area contributed by atoms with E-state index in [-0.39, 0.29) is 5.92 Å². The Bertz CT molecular complexity index is 696. The molecular formula is C21H31NO7. The molecule has 1 heterocycles. The van der Waals surface area contributed by atoms with Gasteiger partial charge in [0.15, 0.2) is 11.5 Å². The highest BCUT2D eigenvalue weighted by Gasteiger charge is 2.41. The van der Waals surface area contributed by atoms with Crippen LogP contribution in [0, 0.1) is 5.92 Å². The fraction of sp³-hybridized carbons (Fsp3) is 0.619. The molecule has 0 atom stereocenters. The van der Waals surface area contributed by atoms with Crippen molar-refractivity contribution in [2.45, 2.75) is 38.9 Å². The first kappa shape index (κ1) is 23.0. The van der Waals surface area contributed by atoms with Gasteiger partial charge in [0, 0.05) is 18.4 Å². The van der Waals surface area contributed by atoms with Crippen LogP contribution < -0.4 is 9.47 Å². The number of hydrogen-bond acceptors (Lipinski definition) is 8. The molecule has 0 N–H and O–H groups in total. The van der Waals surface area contributed by atoms with Crippen LogP contribution in [0.3, 0.4) is 0 Å². The largest absolute Gasteiger partial charge is 0.493 e. The number of carbonyl (C=O) groups is 1. The average Bonchev–Trinajstić information content (AvgIpc) is 2.76. The SMILES string of the molecule is COC(=O)C1(C)OCC(CCCCON=C(C)c2ccc(OC)c(OC)c2)CO1. The summed E-state index contributed by atoms with van der Waals surface area (Å²) in [5.41, 5.74) is 1.68. The first-order valence-electron chi connectivity index (χ1n) is 9.68. The van der Waals surface area contributed by atoms with E-state index in [1.54, 1.807) is 21.1 Å². The minimum absolute atomic E-state index is 0.254. The first-order chi connectivity index (χ1) is 13.9. The first-order valence-corrected chi connectivity index (χ1v) is 9.68. The molecule has 0 saturated carbocycles. The van der Waals surface area contributed by atoms with Gasteiger partial charge in [-0.05, 0) is 44.4 Å². The zero-order valence-corrected chi connectivity index (χ0v) is 17.9. The summed E-state index contributed by atoms with van der Waals surface area (Å²) >= 11 is 0. The zero-order chi connectivity index (χ0) is 21.3. The molecule has 29 heavy (non-hydrogen) atoms. The van der Waals surface area contributed by atoms with E-state index in [4.69, 9.17) is 28.5 Å². The van der Waals surface area contributed by atoms with Crippen LogP contribution in [0.4, 0.5) is 0 Å². The molecule has 1 saturated heterocycles. The third kappa shape index (κ3) is 6.33. The molecular weight excluding hydrogens is 378 g/mol. The molecule has 0 amide bonds. The minimum atomic E-state index is -1.29. The van der Waals surface area contributed by atoms with Crippen molar-refractivity contribution in [2.75, 3.05) is 41.2 Å². The van der Waals surface area contributed by atoms with Gasteiger partial charge in [0.1, 0.15) is 6.61 Å². The average molecular weight is 409 g/mol. The molecule has 1 aromatic rings. The van der Waals surface area contributed by atoms with Gasteiger partial charge < -0.3 is 28.5 Å². The van der Waals surface area contributed by atoms with E-state index in [2.05, 4.69) is 5.16 Å². The third-order valence-electron chi connectivity index (χ3n) is 4.85. The molecule has 1 aliphatic heterocycles. The Morgan fingerprint density at radius 3 is 2.45 bits per heavy atom. The highest BCUT2D eigenvalue weighted by molar-refractivity contribution is 5.98. The second kappa shape index (κ2) is 11.0. The molecule has 0 aromatic heterocycles. The standard InChI is InChI=1S/C21H31NO7/c1-15(17-9-10-18(24-3)19(12-17)25-4)22-29-11-7-6-8-16-13-27-21(2,28-14-16)20(23)26-5/h9-10,12,16H,6-8,11,13-14H2,1-5H3. The summed E-state index contributed by atoms with van der Waals surface area (Å²) in [6.45, 7) is 4.95. The van der Waals surface area contributed by atoms with Crippen molar-refractivity contribution in [1.29, 1.82) is 0 Å². The van der Waals surface area contributed by atoms with Crippen molar-refractivity contribution < 1.29 is 33.3 Å². The Hall–Kier alpha value is -2.32. The van der Waals surface area contributed by atoms with Gasteiger partial charge in [-0.25, -0.2) is 4.79 Å². The van der Waals surface area contributed by atoms with E-state index in [0.717, 1.165) is 30.5 Å². The number of hydrogen-bond donors (Lipinski definition) is 0. The number of methoxy groups -OCH3 is 3. The number of benzene rings is 1. The summed E-state index contributed by atoms with van der Waals surface area (Å²) in [6, 6.07) is 5.62. The number of nitrogens with zero attached hydrogens (tertiary/aromatic N) is 1. The molecule has 0 aliphatic carbocycles. The van der Waals surface area contributed by atoms with Gasteiger partial charge in [-0.3, -0.25) is 0 Å². The van der Waals surface area contributed by atoms with E-state index in [1.165, 1.54) is 7.11 Å². The summed E-state index contributed by atoms with van der Waals surface area (Å²) in [5.74, 6) is -0.214. The number of rotatable bonds is 10. The lowest BCUT2D eigenvalue weighted by molar-refractivity contribution is -0.272. The highest BCUT2D eigenvalue weighted by Crippen LogP contribution is 2.28. The van der Waals surface area contributed by atoms with Crippen LogP contribution in [0.2, 0.25) is 0 Å². The third-order valence-corrected chi connectivity index (χ3v) is 4.85. The van der Waals surface area contributed by atoms with Gasteiger partial charge in [0.05, 0.1) is 40.3 Å². The molecule has 0 unspecified atom stereocenters. The van der Waals surface area contributed by atoms with Crippen LogP contribution in [-0.4, -0.2) is 58.6 Å². The fourth-order valence-electron chi connectivity index (χ4n) is 2.97. The quantitative estimate of drug-likeness (QED) is 0.254. The molecule has 1 fully saturated rings. The van der Waals surface area contributed by atoms with Crippen LogP contribution in [0.1, 0.15) is 38.7 Å². The Labute approximate surface area is 172 Å². The maximum atomic E-state index is 11.6. The summed E-state index contributed by atoms with van der Waals surface area (Å²) in [5, 5.41) is 4.18. The van der Waals surface area contributed by atoms with Crippen LogP contribution in [0.5, 0.6) is 11.5 Å². The normalized spacial score (nSPS) is 22.1. The smallest absolute Gasteiger partial charge is 0.366 e. The van der Waals surface area contributed by atoms with Crippen molar-refractivity contribution in [1.82, 2.24) is 0 Å². The Morgan fingerprint density at radius 1 is 1.14 bits per heavy atom. The lowest BCUT2D eigenvalue weighted by atomic mass is 10.0. The summed E-state index contributed by atoms with van der Waals surface area (Å²) in [6.07, 6.45) is 2.75. The minimum Gasteiger partial charge on any atom is -0.493 e. The fourth-order valence-corrected chi connectivity index (χ4v) is 2.97. The van der Waals surface area contributed by atoms with Gasteiger partial charge >= 0.3 is 5.97 Å². The topological polar surface area (TPSA) is 84.8 Å². The summed E-state index contributed by atoms with van der Waals surface area (Å²) in [7, 11) is 4.52. The molecule has 0 bridgehead atoms. The molecule has 1 aliphatic rings. The Morgan fingerprint density at radius 2 is 1.83 bits per heavy atom. The van der Waals surface area contributed by atoms with Gasteiger partial charge in [0.25, 0.3) is 5.79 Å². The highest BCUT2D eigenvalue weighted by atomic mass is 16.7. The van der Waals surface area contributed by atoms with Crippen LogP contribution >= 0.6 is 0 Å². The van der Waals surface area contributed by atoms with Gasteiger partial charge in [-0.15, -0.1) is 0 Å². The number of esters is 1.